The zero-order valence-corrected chi connectivity index (χ0v) is 11.8. The zero-order valence-electron chi connectivity index (χ0n) is 11.8. The van der Waals surface area contributed by atoms with Crippen LogP contribution in [0.4, 0.5) is 0 Å². The summed E-state index contributed by atoms with van der Waals surface area (Å²) >= 11 is 0. The topological polar surface area (TPSA) is 52.2 Å². The third-order valence-corrected chi connectivity index (χ3v) is 2.95. The van der Waals surface area contributed by atoms with Crippen LogP contribution >= 0.6 is 0 Å². The van der Waals surface area contributed by atoms with Crippen molar-refractivity contribution in [2.75, 3.05) is 6.54 Å². The highest BCUT2D eigenvalue weighted by Gasteiger charge is 2.08. The number of ether oxygens (including phenoxy) is 1. The normalized spacial score (nSPS) is 10.9. The largest absolute Gasteiger partial charge is 0.485 e. The molecule has 0 aliphatic rings. The first kappa shape index (κ1) is 13.7. The molecule has 1 N–H and O–H groups in total. The zero-order chi connectivity index (χ0) is 13.7. The Bertz CT molecular complexity index is 516. The Morgan fingerprint density at radius 3 is 2.95 bits per heavy atom. The van der Waals surface area contributed by atoms with Crippen LogP contribution in [0.25, 0.3) is 0 Å². The summed E-state index contributed by atoms with van der Waals surface area (Å²) in [6, 6.07) is 2.04. The summed E-state index contributed by atoms with van der Waals surface area (Å²) in [6.45, 7) is 9.13. The first-order valence-corrected chi connectivity index (χ1v) is 6.67. The lowest BCUT2D eigenvalue weighted by Gasteiger charge is -2.01. The Morgan fingerprint density at radius 2 is 2.26 bits per heavy atom. The minimum Gasteiger partial charge on any atom is -0.485 e. The lowest BCUT2D eigenvalue weighted by molar-refractivity contribution is 0.302. The first-order valence-electron chi connectivity index (χ1n) is 6.67. The van der Waals surface area contributed by atoms with E-state index in [1.165, 1.54) is 0 Å². The monoisotopic (exact) mass is 263 g/mol. The van der Waals surface area contributed by atoms with E-state index in [1.54, 1.807) is 6.20 Å². The molecular formula is C14H21N3O2. The molecule has 2 aromatic heterocycles. The first-order chi connectivity index (χ1) is 9.22. The fraction of sp³-hybridized carbons (Fsp3) is 0.500. The molecule has 0 aliphatic carbocycles. The minimum atomic E-state index is 0.511. The molecule has 0 atom stereocenters. The van der Waals surface area contributed by atoms with E-state index < -0.39 is 0 Å². The molecule has 2 rings (SSSR count). The predicted molar refractivity (Wildman–Crippen MR) is 73.1 cm³/mol. The number of hydrogen-bond acceptors (Lipinski definition) is 4. The van der Waals surface area contributed by atoms with Crippen molar-refractivity contribution in [1.29, 1.82) is 0 Å². The summed E-state index contributed by atoms with van der Waals surface area (Å²) < 4.78 is 13.2. The van der Waals surface area contributed by atoms with Gasteiger partial charge in [-0.25, -0.2) is 0 Å². The minimum absolute atomic E-state index is 0.511. The molecule has 0 fully saturated rings. The summed E-state index contributed by atoms with van der Waals surface area (Å²) in [4.78, 5) is 0. The van der Waals surface area contributed by atoms with E-state index in [0.717, 1.165) is 42.5 Å². The van der Waals surface area contributed by atoms with Crippen molar-refractivity contribution in [3.05, 3.63) is 35.5 Å². The fourth-order valence-electron chi connectivity index (χ4n) is 1.82. The van der Waals surface area contributed by atoms with Gasteiger partial charge in [0, 0.05) is 12.1 Å². The van der Waals surface area contributed by atoms with E-state index in [2.05, 4.69) is 17.3 Å². The maximum absolute atomic E-state index is 5.71. The molecule has 0 bridgehead atoms. The Kier molecular flexibility index (Phi) is 4.63. The Hall–Kier alpha value is -1.75. The quantitative estimate of drug-likeness (QED) is 0.834. The predicted octanol–water partition coefficient (Wildman–Crippen LogP) is 2.49. The molecule has 5 nitrogen and oxygen atoms in total. The number of rotatable bonds is 7. The van der Waals surface area contributed by atoms with Gasteiger partial charge in [0.25, 0.3) is 0 Å². The van der Waals surface area contributed by atoms with Crippen LogP contribution in [-0.2, 0) is 19.7 Å². The van der Waals surface area contributed by atoms with Crippen molar-refractivity contribution in [3.8, 4) is 5.75 Å². The maximum Gasteiger partial charge on any atom is 0.157 e. The van der Waals surface area contributed by atoms with Crippen LogP contribution in [0.15, 0.2) is 22.9 Å². The molecule has 0 aromatic carbocycles. The molecular weight excluding hydrogens is 242 g/mol. The molecule has 2 heterocycles. The van der Waals surface area contributed by atoms with Gasteiger partial charge in [0.05, 0.1) is 18.9 Å². The Labute approximate surface area is 113 Å². The lowest BCUT2D eigenvalue weighted by Crippen LogP contribution is -2.10. The smallest absolute Gasteiger partial charge is 0.157 e. The van der Waals surface area contributed by atoms with Gasteiger partial charge >= 0.3 is 0 Å². The van der Waals surface area contributed by atoms with Crippen molar-refractivity contribution in [1.82, 2.24) is 15.1 Å². The number of aryl methyl sites for hydroxylation is 2. The fourth-order valence-corrected chi connectivity index (χ4v) is 1.82. The summed E-state index contributed by atoms with van der Waals surface area (Å²) in [5, 5.41) is 7.42. The van der Waals surface area contributed by atoms with E-state index in [-0.39, 0.29) is 0 Å². The second kappa shape index (κ2) is 6.43. The lowest BCUT2D eigenvalue weighted by atomic mass is 10.2. The highest BCUT2D eigenvalue weighted by atomic mass is 16.5. The van der Waals surface area contributed by atoms with Crippen LogP contribution in [0.3, 0.4) is 0 Å². The van der Waals surface area contributed by atoms with Gasteiger partial charge in [-0.3, -0.25) is 4.68 Å². The molecule has 5 heteroatoms. The van der Waals surface area contributed by atoms with Gasteiger partial charge in [-0.1, -0.05) is 6.92 Å². The molecule has 0 aliphatic heterocycles. The highest BCUT2D eigenvalue weighted by molar-refractivity contribution is 5.21. The maximum atomic E-state index is 5.71. The molecule has 0 saturated carbocycles. The van der Waals surface area contributed by atoms with E-state index in [0.29, 0.717) is 6.61 Å². The number of nitrogens with one attached hydrogen (secondary N) is 1. The number of furan rings is 1. The molecule has 0 saturated heterocycles. The van der Waals surface area contributed by atoms with Gasteiger partial charge in [-0.2, -0.15) is 5.10 Å². The SMILES string of the molecule is CCNCc1cc(COc2cnn(CC)c2)c(C)o1. The summed E-state index contributed by atoms with van der Waals surface area (Å²) in [5.41, 5.74) is 1.08. The summed E-state index contributed by atoms with van der Waals surface area (Å²) in [7, 11) is 0. The van der Waals surface area contributed by atoms with Gasteiger partial charge in [-0.05, 0) is 26.5 Å². The number of hydrogen-bond donors (Lipinski definition) is 1. The van der Waals surface area contributed by atoms with Crippen molar-refractivity contribution >= 4 is 0 Å². The Balaban J connectivity index is 1.93. The molecule has 2 aromatic rings. The second-order valence-electron chi connectivity index (χ2n) is 4.39. The second-order valence-corrected chi connectivity index (χ2v) is 4.39. The average Bonchev–Trinajstić information content (AvgIpc) is 3.00. The van der Waals surface area contributed by atoms with Gasteiger partial charge in [0.1, 0.15) is 18.1 Å². The van der Waals surface area contributed by atoms with Crippen molar-refractivity contribution < 1.29 is 9.15 Å². The molecule has 0 unspecified atom stereocenters. The van der Waals surface area contributed by atoms with E-state index in [1.807, 2.05) is 30.8 Å². The van der Waals surface area contributed by atoms with Crippen molar-refractivity contribution in [3.63, 3.8) is 0 Å². The molecule has 0 amide bonds. The van der Waals surface area contributed by atoms with Crippen LogP contribution in [-0.4, -0.2) is 16.3 Å². The molecule has 0 radical (unpaired) electrons. The van der Waals surface area contributed by atoms with Crippen LogP contribution in [0.1, 0.15) is 30.9 Å². The highest BCUT2D eigenvalue weighted by Crippen LogP contribution is 2.17. The van der Waals surface area contributed by atoms with Crippen LogP contribution < -0.4 is 10.1 Å². The van der Waals surface area contributed by atoms with E-state index in [4.69, 9.17) is 9.15 Å². The molecule has 104 valence electrons. The molecule has 19 heavy (non-hydrogen) atoms. The molecule has 0 spiro atoms. The third-order valence-electron chi connectivity index (χ3n) is 2.95. The van der Waals surface area contributed by atoms with E-state index in [9.17, 15) is 0 Å². The van der Waals surface area contributed by atoms with Gasteiger partial charge in [0.2, 0.25) is 0 Å². The Morgan fingerprint density at radius 1 is 1.42 bits per heavy atom. The van der Waals surface area contributed by atoms with Gasteiger partial charge < -0.3 is 14.5 Å². The number of nitrogens with zero attached hydrogens (tertiary/aromatic N) is 2. The van der Waals surface area contributed by atoms with Crippen LogP contribution in [0, 0.1) is 6.92 Å². The van der Waals surface area contributed by atoms with Gasteiger partial charge in [0.15, 0.2) is 5.75 Å². The van der Waals surface area contributed by atoms with Crippen molar-refractivity contribution in [2.45, 2.75) is 40.5 Å². The third kappa shape index (κ3) is 3.61. The summed E-state index contributed by atoms with van der Waals surface area (Å²) in [5.74, 6) is 2.65. The van der Waals surface area contributed by atoms with E-state index >= 15 is 0 Å². The van der Waals surface area contributed by atoms with Crippen LogP contribution in [0.2, 0.25) is 0 Å². The van der Waals surface area contributed by atoms with Crippen molar-refractivity contribution in [2.24, 2.45) is 0 Å². The average molecular weight is 263 g/mol. The number of aromatic nitrogens is 2. The van der Waals surface area contributed by atoms with Crippen LogP contribution in [0.5, 0.6) is 5.75 Å². The standard InChI is InChI=1S/C14H21N3O2/c1-4-15-7-13-6-12(11(3)19-13)10-18-14-8-16-17(5-2)9-14/h6,8-9,15H,4-5,7,10H2,1-3H3. The summed E-state index contributed by atoms with van der Waals surface area (Å²) in [6.07, 6.45) is 3.63. The van der Waals surface area contributed by atoms with Gasteiger partial charge in [-0.15, -0.1) is 0 Å².